The number of carbonyl (C=O) groups is 1. The van der Waals surface area contributed by atoms with Gasteiger partial charge in [0, 0.05) is 42.7 Å². The number of nitrogens with one attached hydrogen (secondary N) is 1. The molecule has 8 heteroatoms. The minimum Gasteiger partial charge on any atom is -0.492 e. The van der Waals surface area contributed by atoms with Gasteiger partial charge < -0.3 is 19.1 Å². The number of aromatic nitrogens is 1. The number of aryl methyl sites for hydroxylation is 3. The second kappa shape index (κ2) is 11.8. The van der Waals surface area contributed by atoms with Gasteiger partial charge in [-0.25, -0.2) is 0 Å². The lowest BCUT2D eigenvalue weighted by atomic mass is 10.1. The summed E-state index contributed by atoms with van der Waals surface area (Å²) in [5, 5.41) is 12.9. The van der Waals surface area contributed by atoms with Crippen molar-refractivity contribution < 1.29 is 19.4 Å². The third-order valence-corrected chi connectivity index (χ3v) is 5.07. The number of hydrogen-bond acceptors (Lipinski definition) is 7. The number of carbonyl (C=O) groups excluding carboxylic acids is 1. The van der Waals surface area contributed by atoms with Crippen molar-refractivity contribution in [2.75, 3.05) is 13.2 Å². The number of esters is 1. The summed E-state index contributed by atoms with van der Waals surface area (Å²) in [4.78, 5) is 28.8. The van der Waals surface area contributed by atoms with E-state index in [1.165, 1.54) is 0 Å². The Morgan fingerprint density at radius 3 is 2.48 bits per heavy atom. The van der Waals surface area contributed by atoms with Crippen LogP contribution < -0.4 is 15.6 Å². The molecule has 2 rings (SSSR count). The number of pyridine rings is 1. The summed E-state index contributed by atoms with van der Waals surface area (Å²) in [5.74, 6) is 0.153. The molecule has 8 nitrogen and oxygen atoms in total. The Balaban J connectivity index is 2.06. The maximum Gasteiger partial charge on any atom is 0.326 e. The van der Waals surface area contributed by atoms with Crippen LogP contribution in [0.5, 0.6) is 5.75 Å². The van der Waals surface area contributed by atoms with Crippen molar-refractivity contribution in [1.29, 1.82) is 0 Å². The first-order chi connectivity index (χ1) is 15.5. The molecule has 0 aliphatic carbocycles. The molecule has 0 aliphatic rings. The first-order valence-corrected chi connectivity index (χ1v) is 11.1. The molecule has 0 aliphatic heterocycles. The number of nitrogens with zero attached hydrogens (tertiary/aromatic N) is 2. The predicted molar refractivity (Wildman–Crippen MR) is 130 cm³/mol. The highest BCUT2D eigenvalue weighted by Crippen LogP contribution is 2.25. The van der Waals surface area contributed by atoms with E-state index in [0.29, 0.717) is 24.5 Å². The highest BCUT2D eigenvalue weighted by molar-refractivity contribution is 6.00. The Morgan fingerprint density at radius 1 is 1.18 bits per heavy atom. The van der Waals surface area contributed by atoms with Crippen molar-refractivity contribution in [3.05, 3.63) is 57.5 Å². The molecular weight excluding hydrogens is 422 g/mol. The SMILES string of the molecule is C/C(=N\c1cc(OCCNC(C(=O)OC(C)C)C(C)O)ccc1C)c1cc(C)c(=O)n(C)c1. The average Bonchev–Trinajstić information content (AvgIpc) is 2.72. The van der Waals surface area contributed by atoms with Crippen LogP contribution in [0.1, 0.15) is 44.4 Å². The van der Waals surface area contributed by atoms with E-state index in [2.05, 4.69) is 5.32 Å². The van der Waals surface area contributed by atoms with E-state index >= 15 is 0 Å². The van der Waals surface area contributed by atoms with Crippen LogP contribution in [0.25, 0.3) is 0 Å². The van der Waals surface area contributed by atoms with Gasteiger partial charge in [-0.2, -0.15) is 0 Å². The monoisotopic (exact) mass is 457 g/mol. The van der Waals surface area contributed by atoms with Crippen LogP contribution in [0.4, 0.5) is 5.69 Å². The molecule has 1 aromatic carbocycles. The molecule has 2 atom stereocenters. The van der Waals surface area contributed by atoms with Crippen molar-refractivity contribution in [2.24, 2.45) is 12.0 Å². The zero-order valence-electron chi connectivity index (χ0n) is 20.5. The van der Waals surface area contributed by atoms with Crippen LogP contribution in [-0.4, -0.2) is 52.8 Å². The summed E-state index contributed by atoms with van der Waals surface area (Å²) in [6.45, 7) is 11.4. The van der Waals surface area contributed by atoms with Crippen molar-refractivity contribution in [3.8, 4) is 5.75 Å². The molecule has 0 bridgehead atoms. The molecule has 180 valence electrons. The maximum absolute atomic E-state index is 12.1. The summed E-state index contributed by atoms with van der Waals surface area (Å²) >= 11 is 0. The molecule has 0 saturated carbocycles. The third kappa shape index (κ3) is 7.54. The van der Waals surface area contributed by atoms with Gasteiger partial charge in [0.2, 0.25) is 0 Å². The average molecular weight is 458 g/mol. The highest BCUT2D eigenvalue weighted by atomic mass is 16.5. The number of hydrogen-bond donors (Lipinski definition) is 2. The normalized spacial score (nSPS) is 13.7. The van der Waals surface area contributed by atoms with E-state index in [1.54, 1.807) is 45.5 Å². The minimum atomic E-state index is -0.888. The summed E-state index contributed by atoms with van der Waals surface area (Å²) in [7, 11) is 1.73. The maximum atomic E-state index is 12.1. The highest BCUT2D eigenvalue weighted by Gasteiger charge is 2.25. The van der Waals surface area contributed by atoms with Gasteiger partial charge in [-0.05, 0) is 59.2 Å². The number of benzene rings is 1. The largest absolute Gasteiger partial charge is 0.492 e. The van der Waals surface area contributed by atoms with Crippen LogP contribution in [0.2, 0.25) is 0 Å². The molecule has 2 aromatic rings. The van der Waals surface area contributed by atoms with Crippen LogP contribution >= 0.6 is 0 Å². The van der Waals surface area contributed by atoms with E-state index in [1.807, 2.05) is 38.1 Å². The fourth-order valence-electron chi connectivity index (χ4n) is 3.26. The van der Waals surface area contributed by atoms with Gasteiger partial charge in [-0.1, -0.05) is 6.07 Å². The molecule has 2 N–H and O–H groups in total. The van der Waals surface area contributed by atoms with Gasteiger partial charge in [0.15, 0.2) is 0 Å². The molecule has 1 aromatic heterocycles. The van der Waals surface area contributed by atoms with E-state index in [0.717, 1.165) is 22.5 Å². The molecule has 33 heavy (non-hydrogen) atoms. The Bertz CT molecular complexity index is 1030. The zero-order chi connectivity index (χ0) is 24.7. The van der Waals surface area contributed by atoms with Crippen molar-refractivity contribution in [2.45, 2.75) is 59.8 Å². The Hall–Kier alpha value is -2.97. The standard InChI is InChI=1S/C25H35N3O5/c1-15(2)33-25(31)23(19(6)29)26-10-11-32-21-9-8-16(3)22(13-21)27-18(5)20-12-17(4)24(30)28(7)14-20/h8-9,12-15,19,23,26,29H,10-11H2,1-7H3/b27-18+. The lowest BCUT2D eigenvalue weighted by Crippen LogP contribution is -2.47. The summed E-state index contributed by atoms with van der Waals surface area (Å²) < 4.78 is 12.6. The second-order valence-electron chi connectivity index (χ2n) is 8.48. The van der Waals surface area contributed by atoms with Crippen molar-refractivity contribution >= 4 is 17.4 Å². The quantitative estimate of drug-likeness (QED) is 0.323. The van der Waals surface area contributed by atoms with E-state index in [-0.39, 0.29) is 11.7 Å². The fraction of sp³-hybridized carbons (Fsp3) is 0.480. The second-order valence-corrected chi connectivity index (χ2v) is 8.48. The van der Waals surface area contributed by atoms with Crippen LogP contribution in [0.3, 0.4) is 0 Å². The topological polar surface area (TPSA) is 102 Å². The van der Waals surface area contributed by atoms with Gasteiger partial charge in [-0.3, -0.25) is 19.9 Å². The van der Waals surface area contributed by atoms with E-state index < -0.39 is 18.1 Å². The summed E-state index contributed by atoms with van der Waals surface area (Å²) in [6, 6.07) is 6.67. The van der Waals surface area contributed by atoms with Gasteiger partial charge in [0.25, 0.3) is 5.56 Å². The molecule has 0 fully saturated rings. The molecular formula is C25H35N3O5. The zero-order valence-corrected chi connectivity index (χ0v) is 20.5. The number of ether oxygens (including phenoxy) is 2. The van der Waals surface area contributed by atoms with Gasteiger partial charge in [-0.15, -0.1) is 0 Å². The predicted octanol–water partition coefficient (Wildman–Crippen LogP) is 2.81. The molecule has 0 spiro atoms. The molecule has 0 saturated heterocycles. The molecule has 0 amide bonds. The molecule has 0 radical (unpaired) electrons. The van der Waals surface area contributed by atoms with Crippen molar-refractivity contribution in [1.82, 2.24) is 9.88 Å². The molecule has 2 unspecified atom stereocenters. The van der Waals surface area contributed by atoms with Crippen LogP contribution in [0, 0.1) is 13.8 Å². The van der Waals surface area contributed by atoms with Gasteiger partial charge in [0.1, 0.15) is 18.4 Å². The summed E-state index contributed by atoms with van der Waals surface area (Å²) in [6.07, 6.45) is 0.635. The van der Waals surface area contributed by atoms with E-state index in [9.17, 15) is 14.7 Å². The Labute approximate surface area is 195 Å². The fourth-order valence-corrected chi connectivity index (χ4v) is 3.26. The lowest BCUT2D eigenvalue weighted by Gasteiger charge is -2.21. The third-order valence-electron chi connectivity index (χ3n) is 5.07. The number of rotatable bonds is 10. The summed E-state index contributed by atoms with van der Waals surface area (Å²) in [5.41, 5.74) is 4.07. The first-order valence-electron chi connectivity index (χ1n) is 11.1. The molecule has 1 heterocycles. The Morgan fingerprint density at radius 2 is 1.88 bits per heavy atom. The van der Waals surface area contributed by atoms with Crippen LogP contribution in [0.15, 0.2) is 40.2 Å². The lowest BCUT2D eigenvalue weighted by molar-refractivity contribution is -0.152. The van der Waals surface area contributed by atoms with Crippen molar-refractivity contribution in [3.63, 3.8) is 0 Å². The number of aliphatic hydroxyl groups excluding tert-OH is 1. The number of aliphatic imine (C=N–C) groups is 1. The minimum absolute atomic E-state index is 0.0259. The van der Waals surface area contributed by atoms with Gasteiger partial charge >= 0.3 is 5.97 Å². The van der Waals surface area contributed by atoms with Gasteiger partial charge in [0.05, 0.1) is 17.9 Å². The number of aliphatic hydroxyl groups is 1. The van der Waals surface area contributed by atoms with E-state index in [4.69, 9.17) is 14.5 Å². The Kier molecular flexibility index (Phi) is 9.37. The smallest absolute Gasteiger partial charge is 0.326 e. The first kappa shape index (κ1) is 26.3. The van der Waals surface area contributed by atoms with Crippen LogP contribution in [-0.2, 0) is 16.6 Å².